The maximum atomic E-state index is 13.3. The predicted molar refractivity (Wildman–Crippen MR) is 96.0 cm³/mol. The zero-order chi connectivity index (χ0) is 17.4. The van der Waals surface area contributed by atoms with Gasteiger partial charge in [-0.05, 0) is 48.6 Å². The molecular formula is C21H24FNO2. The fraction of sp³-hybridized carbons (Fsp3) is 0.429. The highest BCUT2D eigenvalue weighted by atomic mass is 19.1. The lowest BCUT2D eigenvalue weighted by molar-refractivity contribution is -0.110. The molecule has 2 N–H and O–H groups in total. The normalized spacial score (nSPS) is 28.0. The van der Waals surface area contributed by atoms with Gasteiger partial charge in [0.05, 0.1) is 24.9 Å². The average molecular weight is 341 g/mol. The molecular weight excluding hydrogens is 317 g/mol. The molecule has 2 heterocycles. The van der Waals surface area contributed by atoms with Crippen LogP contribution in [0.1, 0.15) is 48.6 Å². The molecule has 1 fully saturated rings. The number of aryl methyl sites for hydroxylation is 1. The van der Waals surface area contributed by atoms with Crippen molar-refractivity contribution in [3.63, 3.8) is 0 Å². The van der Waals surface area contributed by atoms with Crippen molar-refractivity contribution < 1.29 is 14.2 Å². The molecule has 0 radical (unpaired) electrons. The van der Waals surface area contributed by atoms with E-state index >= 15 is 0 Å². The SMILES string of the molecule is CCc1ccc2c(c1)[C@@H]1O[C@H](CO)CC[C@@H]1[C@@H](c1ccc(F)cc1)N2. The molecule has 0 bridgehead atoms. The molecule has 0 spiro atoms. The first-order valence-electron chi connectivity index (χ1n) is 9.10. The summed E-state index contributed by atoms with van der Waals surface area (Å²) in [5, 5.41) is 13.2. The van der Waals surface area contributed by atoms with E-state index in [1.54, 1.807) is 0 Å². The molecule has 4 atom stereocenters. The van der Waals surface area contributed by atoms with Crippen molar-refractivity contribution in [2.45, 2.75) is 44.4 Å². The van der Waals surface area contributed by atoms with Crippen LogP contribution < -0.4 is 5.32 Å². The predicted octanol–water partition coefficient (Wildman–Crippen LogP) is 4.38. The molecule has 2 aliphatic heterocycles. The van der Waals surface area contributed by atoms with Crippen LogP contribution in [0.3, 0.4) is 0 Å². The molecule has 2 aromatic carbocycles. The summed E-state index contributed by atoms with van der Waals surface area (Å²) < 4.78 is 19.6. The van der Waals surface area contributed by atoms with Crippen molar-refractivity contribution in [1.82, 2.24) is 0 Å². The van der Waals surface area contributed by atoms with E-state index in [-0.39, 0.29) is 36.6 Å². The molecule has 132 valence electrons. The van der Waals surface area contributed by atoms with E-state index in [2.05, 4.69) is 30.4 Å². The summed E-state index contributed by atoms with van der Waals surface area (Å²) in [5.74, 6) is 0.0530. The van der Waals surface area contributed by atoms with Crippen molar-refractivity contribution >= 4 is 5.69 Å². The smallest absolute Gasteiger partial charge is 0.123 e. The van der Waals surface area contributed by atoms with Crippen molar-refractivity contribution in [2.24, 2.45) is 5.92 Å². The molecule has 0 aliphatic carbocycles. The van der Waals surface area contributed by atoms with Crippen molar-refractivity contribution in [3.05, 3.63) is 65.0 Å². The van der Waals surface area contributed by atoms with Crippen LogP contribution in [0.15, 0.2) is 42.5 Å². The third-order valence-electron chi connectivity index (χ3n) is 5.55. The number of hydrogen-bond acceptors (Lipinski definition) is 3. The van der Waals surface area contributed by atoms with Gasteiger partial charge in [0.15, 0.2) is 0 Å². The van der Waals surface area contributed by atoms with Crippen LogP contribution in [-0.4, -0.2) is 17.8 Å². The van der Waals surface area contributed by atoms with E-state index in [1.165, 1.54) is 23.3 Å². The third kappa shape index (κ3) is 3.05. The lowest BCUT2D eigenvalue weighted by Gasteiger charge is -2.45. The number of aliphatic hydroxyl groups excluding tert-OH is 1. The van der Waals surface area contributed by atoms with Crippen LogP contribution in [-0.2, 0) is 11.2 Å². The largest absolute Gasteiger partial charge is 0.394 e. The minimum atomic E-state index is -0.218. The second-order valence-corrected chi connectivity index (χ2v) is 7.05. The van der Waals surface area contributed by atoms with Gasteiger partial charge in [0.25, 0.3) is 0 Å². The van der Waals surface area contributed by atoms with E-state index < -0.39 is 0 Å². The van der Waals surface area contributed by atoms with Crippen LogP contribution in [0.4, 0.5) is 10.1 Å². The van der Waals surface area contributed by atoms with Gasteiger partial charge in [-0.15, -0.1) is 0 Å². The van der Waals surface area contributed by atoms with Gasteiger partial charge in [0.1, 0.15) is 5.82 Å². The van der Waals surface area contributed by atoms with Gasteiger partial charge in [-0.3, -0.25) is 0 Å². The van der Waals surface area contributed by atoms with E-state index in [0.29, 0.717) is 0 Å². The summed E-state index contributed by atoms with van der Waals surface area (Å²) >= 11 is 0. The highest BCUT2D eigenvalue weighted by Gasteiger charge is 2.42. The molecule has 2 aromatic rings. The summed E-state index contributed by atoms with van der Waals surface area (Å²) in [4.78, 5) is 0. The van der Waals surface area contributed by atoms with Gasteiger partial charge in [-0.2, -0.15) is 0 Å². The Morgan fingerprint density at radius 2 is 1.96 bits per heavy atom. The van der Waals surface area contributed by atoms with Crippen LogP contribution in [0.5, 0.6) is 0 Å². The van der Waals surface area contributed by atoms with Gasteiger partial charge in [0.2, 0.25) is 0 Å². The zero-order valence-electron chi connectivity index (χ0n) is 14.4. The lowest BCUT2D eigenvalue weighted by atomic mass is 9.76. The number of halogens is 1. The summed E-state index contributed by atoms with van der Waals surface area (Å²) in [7, 11) is 0. The number of ether oxygens (including phenoxy) is 1. The fourth-order valence-electron chi connectivity index (χ4n) is 4.16. The molecule has 0 unspecified atom stereocenters. The Labute approximate surface area is 147 Å². The highest BCUT2D eigenvalue weighted by Crippen LogP contribution is 2.50. The summed E-state index contributed by atoms with van der Waals surface area (Å²) in [6.07, 6.45) is 2.66. The van der Waals surface area contributed by atoms with E-state index in [0.717, 1.165) is 30.5 Å². The summed E-state index contributed by atoms with van der Waals surface area (Å²) in [6.45, 7) is 2.20. The Kier molecular flexibility index (Phi) is 4.48. The number of fused-ring (bicyclic) bond motifs is 3. The standard InChI is InChI=1S/C21H24FNO2/c1-2-13-3-10-19-18(11-13)21-17(9-8-16(12-24)25-21)20(23-19)14-4-6-15(22)7-5-14/h3-7,10-11,16-17,20-21,23-24H,2,8-9,12H2,1H3/t16-,17+,20+,21+/m0/s1. The van der Waals surface area contributed by atoms with E-state index in [9.17, 15) is 9.50 Å². The number of benzene rings is 2. The highest BCUT2D eigenvalue weighted by molar-refractivity contribution is 5.58. The second-order valence-electron chi connectivity index (χ2n) is 7.05. The monoisotopic (exact) mass is 341 g/mol. The Morgan fingerprint density at radius 1 is 1.16 bits per heavy atom. The first kappa shape index (κ1) is 16.6. The maximum Gasteiger partial charge on any atom is 0.123 e. The van der Waals surface area contributed by atoms with Gasteiger partial charge in [0, 0.05) is 17.2 Å². The van der Waals surface area contributed by atoms with Gasteiger partial charge in [-0.1, -0.05) is 31.2 Å². The average Bonchev–Trinajstić information content (AvgIpc) is 2.67. The van der Waals surface area contributed by atoms with E-state index in [1.807, 2.05) is 12.1 Å². The topological polar surface area (TPSA) is 41.5 Å². The Bertz CT molecular complexity index is 746. The summed E-state index contributed by atoms with van der Waals surface area (Å²) in [6, 6.07) is 13.3. The quantitative estimate of drug-likeness (QED) is 0.870. The van der Waals surface area contributed by atoms with Gasteiger partial charge < -0.3 is 15.2 Å². The van der Waals surface area contributed by atoms with Crippen LogP contribution in [0.25, 0.3) is 0 Å². The Morgan fingerprint density at radius 3 is 2.68 bits per heavy atom. The molecule has 0 aromatic heterocycles. The minimum Gasteiger partial charge on any atom is -0.394 e. The fourth-order valence-corrected chi connectivity index (χ4v) is 4.16. The molecule has 0 saturated carbocycles. The number of nitrogens with one attached hydrogen (secondary N) is 1. The van der Waals surface area contributed by atoms with Crippen LogP contribution in [0.2, 0.25) is 0 Å². The Balaban J connectivity index is 1.75. The Hall–Kier alpha value is -1.91. The minimum absolute atomic E-state index is 0.0382. The number of aliphatic hydroxyl groups is 1. The number of anilines is 1. The zero-order valence-corrected chi connectivity index (χ0v) is 14.4. The van der Waals surface area contributed by atoms with Crippen LogP contribution >= 0.6 is 0 Å². The van der Waals surface area contributed by atoms with Gasteiger partial charge in [-0.25, -0.2) is 4.39 Å². The molecule has 0 amide bonds. The number of hydrogen-bond donors (Lipinski definition) is 2. The third-order valence-corrected chi connectivity index (χ3v) is 5.55. The lowest BCUT2D eigenvalue weighted by Crippen LogP contribution is -2.40. The van der Waals surface area contributed by atoms with Gasteiger partial charge >= 0.3 is 0 Å². The van der Waals surface area contributed by atoms with E-state index in [4.69, 9.17) is 4.74 Å². The molecule has 4 rings (SSSR count). The molecule has 3 nitrogen and oxygen atoms in total. The summed E-state index contributed by atoms with van der Waals surface area (Å²) in [5.41, 5.74) is 4.62. The first-order chi connectivity index (χ1) is 12.2. The molecule has 4 heteroatoms. The van der Waals surface area contributed by atoms with Crippen LogP contribution in [0, 0.1) is 11.7 Å². The molecule has 2 aliphatic rings. The first-order valence-corrected chi connectivity index (χ1v) is 9.10. The number of rotatable bonds is 3. The molecule has 1 saturated heterocycles. The maximum absolute atomic E-state index is 13.3. The van der Waals surface area contributed by atoms with Crippen molar-refractivity contribution in [3.8, 4) is 0 Å². The second kappa shape index (κ2) is 6.77. The molecule has 25 heavy (non-hydrogen) atoms. The van der Waals surface area contributed by atoms with Crippen molar-refractivity contribution in [1.29, 1.82) is 0 Å². The van der Waals surface area contributed by atoms with Crippen molar-refractivity contribution in [2.75, 3.05) is 11.9 Å².